The fourth-order valence-corrected chi connectivity index (χ4v) is 3.33. The predicted molar refractivity (Wildman–Crippen MR) is 95.1 cm³/mol. The maximum Gasteiger partial charge on any atom is 0.224 e. The van der Waals surface area contributed by atoms with Gasteiger partial charge < -0.3 is 19.5 Å². The Morgan fingerprint density at radius 1 is 1.12 bits per heavy atom. The molecular weight excluding hydrogens is 326 g/mol. The van der Waals surface area contributed by atoms with E-state index in [-0.39, 0.29) is 18.4 Å². The summed E-state index contributed by atoms with van der Waals surface area (Å²) in [6.07, 6.45) is 0.151. The summed E-state index contributed by atoms with van der Waals surface area (Å²) in [5.41, 5.74) is 0.867. The van der Waals surface area contributed by atoms with E-state index in [2.05, 4.69) is 18.3 Å². The summed E-state index contributed by atoms with van der Waals surface area (Å²) in [5.74, 6) is 1.21. The van der Waals surface area contributed by atoms with Crippen molar-refractivity contribution in [3.8, 4) is 11.5 Å². The molecule has 0 saturated heterocycles. The third-order valence-electron chi connectivity index (χ3n) is 3.66. The molecule has 2 rings (SSSR count). The monoisotopic (exact) mass is 349 g/mol. The predicted octanol–water partition coefficient (Wildman–Crippen LogP) is 3.12. The first-order valence-corrected chi connectivity index (χ1v) is 8.45. The topological polar surface area (TPSA) is 56.8 Å². The van der Waals surface area contributed by atoms with Crippen LogP contribution >= 0.6 is 11.3 Å². The van der Waals surface area contributed by atoms with Crippen LogP contribution < -0.4 is 14.8 Å². The van der Waals surface area contributed by atoms with Crippen molar-refractivity contribution in [2.45, 2.75) is 19.4 Å². The highest BCUT2D eigenvalue weighted by Crippen LogP contribution is 2.28. The van der Waals surface area contributed by atoms with E-state index in [4.69, 9.17) is 14.2 Å². The molecule has 0 unspecified atom stereocenters. The van der Waals surface area contributed by atoms with Gasteiger partial charge in [-0.1, -0.05) is 6.07 Å². The summed E-state index contributed by atoms with van der Waals surface area (Å²) in [4.78, 5) is 14.5. The average molecular weight is 349 g/mol. The summed E-state index contributed by atoms with van der Waals surface area (Å²) in [6, 6.07) is 9.56. The summed E-state index contributed by atoms with van der Waals surface area (Å²) < 4.78 is 15.9. The van der Waals surface area contributed by atoms with Gasteiger partial charge in [-0.05, 0) is 36.8 Å². The van der Waals surface area contributed by atoms with Crippen molar-refractivity contribution < 1.29 is 19.0 Å². The molecule has 1 aromatic carbocycles. The molecule has 0 spiro atoms. The minimum atomic E-state index is -0.127. The number of carbonyl (C=O) groups excluding carboxylic acids is 1. The molecule has 0 aliphatic carbocycles. The lowest BCUT2D eigenvalue weighted by molar-refractivity contribution is -0.121. The van der Waals surface area contributed by atoms with Crippen LogP contribution in [0.5, 0.6) is 11.5 Å². The van der Waals surface area contributed by atoms with Gasteiger partial charge in [-0.25, -0.2) is 0 Å². The molecule has 6 heteroatoms. The Balaban J connectivity index is 1.93. The number of amides is 1. The number of aryl methyl sites for hydroxylation is 1. The van der Waals surface area contributed by atoms with E-state index in [1.807, 2.05) is 18.2 Å². The van der Waals surface area contributed by atoms with Gasteiger partial charge >= 0.3 is 0 Å². The van der Waals surface area contributed by atoms with Crippen molar-refractivity contribution in [1.82, 2.24) is 5.32 Å². The Labute approximate surface area is 146 Å². The first-order valence-electron chi connectivity index (χ1n) is 7.64. The Morgan fingerprint density at radius 3 is 2.46 bits per heavy atom. The fraction of sp³-hybridized carbons (Fsp3) is 0.389. The number of nitrogens with one attached hydrogen (secondary N) is 1. The highest BCUT2D eigenvalue weighted by atomic mass is 32.1. The molecule has 5 nitrogen and oxygen atoms in total. The molecule has 0 radical (unpaired) electrons. The minimum absolute atomic E-state index is 0.0578. The Morgan fingerprint density at radius 2 is 1.88 bits per heavy atom. The Hall–Kier alpha value is -2.05. The molecule has 130 valence electrons. The molecule has 0 aliphatic rings. The first kappa shape index (κ1) is 18.3. The second kappa shape index (κ2) is 8.70. The highest BCUT2D eigenvalue weighted by molar-refractivity contribution is 7.12. The molecule has 1 aromatic heterocycles. The van der Waals surface area contributed by atoms with Crippen LogP contribution in [0.2, 0.25) is 0 Å². The van der Waals surface area contributed by atoms with Crippen LogP contribution in [0.15, 0.2) is 30.3 Å². The van der Waals surface area contributed by atoms with E-state index < -0.39 is 0 Å². The second-order valence-corrected chi connectivity index (χ2v) is 6.66. The Bertz CT molecular complexity index is 683. The van der Waals surface area contributed by atoms with Crippen LogP contribution in [0, 0.1) is 6.92 Å². The molecule has 1 heterocycles. The molecule has 0 saturated carbocycles. The van der Waals surface area contributed by atoms with Crippen molar-refractivity contribution in [1.29, 1.82) is 0 Å². The van der Waals surface area contributed by atoms with Crippen LogP contribution in [0.1, 0.15) is 21.4 Å². The number of benzene rings is 1. The number of ether oxygens (including phenoxy) is 3. The maximum atomic E-state index is 12.2. The van der Waals surface area contributed by atoms with Gasteiger partial charge in [-0.2, -0.15) is 0 Å². The van der Waals surface area contributed by atoms with E-state index in [9.17, 15) is 4.79 Å². The summed E-state index contributed by atoms with van der Waals surface area (Å²) in [5, 5.41) is 2.93. The standard InChI is InChI=1S/C18H23NO4S/c1-12-5-8-17(24-12)16(23-4)11-19-18(20)10-13-6-7-14(21-2)15(9-13)22-3/h5-9,16H,10-11H2,1-4H3,(H,19,20)/t16-/m1/s1. The molecule has 0 aliphatic heterocycles. The third-order valence-corrected chi connectivity index (χ3v) is 4.75. The van der Waals surface area contributed by atoms with Crippen molar-refractivity contribution in [3.63, 3.8) is 0 Å². The third kappa shape index (κ3) is 4.72. The van der Waals surface area contributed by atoms with E-state index in [1.54, 1.807) is 38.7 Å². The molecule has 2 aromatic rings. The lowest BCUT2D eigenvalue weighted by atomic mass is 10.1. The molecule has 0 fully saturated rings. The van der Waals surface area contributed by atoms with Gasteiger partial charge in [0.05, 0.1) is 20.6 Å². The quantitative estimate of drug-likeness (QED) is 0.795. The van der Waals surface area contributed by atoms with Gasteiger partial charge in [0.1, 0.15) is 6.10 Å². The largest absolute Gasteiger partial charge is 0.493 e. The summed E-state index contributed by atoms with van der Waals surface area (Å²) in [7, 11) is 4.82. The van der Waals surface area contributed by atoms with Crippen LogP contribution in [-0.4, -0.2) is 33.8 Å². The number of thiophene rings is 1. The van der Waals surface area contributed by atoms with Crippen LogP contribution in [0.4, 0.5) is 0 Å². The van der Waals surface area contributed by atoms with Gasteiger partial charge in [0, 0.05) is 23.4 Å². The number of methoxy groups -OCH3 is 3. The van der Waals surface area contributed by atoms with Gasteiger partial charge in [-0.15, -0.1) is 11.3 Å². The lowest BCUT2D eigenvalue weighted by Gasteiger charge is -2.15. The van der Waals surface area contributed by atoms with Crippen molar-refractivity contribution in [2.75, 3.05) is 27.9 Å². The van der Waals surface area contributed by atoms with Gasteiger partial charge in [0.2, 0.25) is 5.91 Å². The van der Waals surface area contributed by atoms with Gasteiger partial charge in [0.25, 0.3) is 0 Å². The van der Waals surface area contributed by atoms with Crippen molar-refractivity contribution in [3.05, 3.63) is 45.6 Å². The minimum Gasteiger partial charge on any atom is -0.493 e. The summed E-state index contributed by atoms with van der Waals surface area (Å²) in [6.45, 7) is 2.50. The molecule has 1 amide bonds. The molecule has 1 N–H and O–H groups in total. The number of carbonyl (C=O) groups is 1. The van der Waals surface area contributed by atoms with Crippen LogP contribution in [0.3, 0.4) is 0 Å². The zero-order chi connectivity index (χ0) is 17.5. The second-order valence-electron chi connectivity index (χ2n) is 5.34. The average Bonchev–Trinajstić information content (AvgIpc) is 3.01. The zero-order valence-corrected chi connectivity index (χ0v) is 15.2. The maximum absolute atomic E-state index is 12.2. The van der Waals surface area contributed by atoms with Crippen LogP contribution in [0.25, 0.3) is 0 Å². The number of hydrogen-bond donors (Lipinski definition) is 1. The molecular formula is C18H23NO4S. The fourth-order valence-electron chi connectivity index (χ4n) is 2.37. The SMILES string of the molecule is COc1ccc(CC(=O)NC[C@@H](OC)c2ccc(C)s2)cc1OC. The zero-order valence-electron chi connectivity index (χ0n) is 14.4. The summed E-state index contributed by atoms with van der Waals surface area (Å²) >= 11 is 1.68. The first-order chi connectivity index (χ1) is 11.6. The highest BCUT2D eigenvalue weighted by Gasteiger charge is 2.14. The van der Waals surface area contributed by atoms with E-state index in [0.717, 1.165) is 10.4 Å². The van der Waals surface area contributed by atoms with Crippen molar-refractivity contribution in [2.24, 2.45) is 0 Å². The van der Waals surface area contributed by atoms with Gasteiger partial charge in [0.15, 0.2) is 11.5 Å². The van der Waals surface area contributed by atoms with Crippen LogP contribution in [-0.2, 0) is 16.0 Å². The normalized spacial score (nSPS) is 11.8. The van der Waals surface area contributed by atoms with E-state index in [0.29, 0.717) is 18.0 Å². The number of hydrogen-bond acceptors (Lipinski definition) is 5. The van der Waals surface area contributed by atoms with E-state index in [1.165, 1.54) is 4.88 Å². The Kier molecular flexibility index (Phi) is 6.63. The smallest absolute Gasteiger partial charge is 0.224 e. The van der Waals surface area contributed by atoms with Crippen molar-refractivity contribution >= 4 is 17.2 Å². The molecule has 24 heavy (non-hydrogen) atoms. The van der Waals surface area contributed by atoms with E-state index >= 15 is 0 Å². The van der Waals surface area contributed by atoms with Gasteiger partial charge in [-0.3, -0.25) is 4.79 Å². The molecule has 1 atom stereocenters. The molecule has 0 bridgehead atoms. The number of rotatable bonds is 8. The lowest BCUT2D eigenvalue weighted by Crippen LogP contribution is -2.30.